The first kappa shape index (κ1) is 13.9. The number of anilines is 1. The molecule has 0 aliphatic rings. The quantitative estimate of drug-likeness (QED) is 0.657. The van der Waals surface area contributed by atoms with Gasteiger partial charge in [0.1, 0.15) is 16.3 Å². The van der Waals surface area contributed by atoms with Crippen LogP contribution in [-0.2, 0) is 6.42 Å². The molecule has 1 amide bonds. The highest BCUT2D eigenvalue weighted by Crippen LogP contribution is 2.25. The molecule has 8 nitrogen and oxygen atoms in total. The summed E-state index contributed by atoms with van der Waals surface area (Å²) in [5.74, 6) is -0.946. The van der Waals surface area contributed by atoms with Crippen molar-refractivity contribution in [2.75, 3.05) is 5.32 Å². The van der Waals surface area contributed by atoms with Crippen molar-refractivity contribution in [1.29, 1.82) is 0 Å². The minimum Gasteiger partial charge on any atom is -0.508 e. The third-order valence-corrected chi connectivity index (χ3v) is 3.39. The highest BCUT2D eigenvalue weighted by atomic mass is 32.1. The fraction of sp³-hybridized carbons (Fsp3) is 0.182. The number of aryl methyl sites for hydroxylation is 1. The van der Waals surface area contributed by atoms with E-state index < -0.39 is 10.8 Å². The van der Waals surface area contributed by atoms with Gasteiger partial charge in [-0.1, -0.05) is 18.3 Å². The number of carbonyl (C=O) groups is 1. The lowest BCUT2D eigenvalue weighted by molar-refractivity contribution is -0.385. The molecule has 0 unspecified atom stereocenters. The van der Waals surface area contributed by atoms with Gasteiger partial charge in [-0.05, 0) is 18.6 Å². The summed E-state index contributed by atoms with van der Waals surface area (Å²) < 4.78 is 0. The zero-order valence-electron chi connectivity index (χ0n) is 10.4. The van der Waals surface area contributed by atoms with Crippen molar-refractivity contribution >= 4 is 28.1 Å². The number of nitrogens with one attached hydrogen (secondary N) is 1. The molecule has 9 heteroatoms. The van der Waals surface area contributed by atoms with Gasteiger partial charge in [0.2, 0.25) is 5.13 Å². The van der Waals surface area contributed by atoms with E-state index in [1.165, 1.54) is 11.3 Å². The number of benzene rings is 1. The molecular weight excluding hydrogens is 284 g/mol. The van der Waals surface area contributed by atoms with Crippen LogP contribution in [0.4, 0.5) is 10.8 Å². The normalized spacial score (nSPS) is 10.2. The Labute approximate surface area is 117 Å². The van der Waals surface area contributed by atoms with Gasteiger partial charge in [0.05, 0.1) is 4.92 Å². The summed E-state index contributed by atoms with van der Waals surface area (Å²) in [6.45, 7) is 1.90. The molecule has 2 rings (SSSR count). The summed E-state index contributed by atoms with van der Waals surface area (Å²) in [6.07, 6.45) is 0.680. The molecule has 0 aliphatic carbocycles. The van der Waals surface area contributed by atoms with Crippen molar-refractivity contribution < 1.29 is 14.8 Å². The second-order valence-electron chi connectivity index (χ2n) is 3.77. The first-order valence-corrected chi connectivity index (χ1v) is 6.44. The molecule has 2 aromatic rings. The fourth-order valence-electron chi connectivity index (χ4n) is 1.48. The van der Waals surface area contributed by atoms with Crippen molar-refractivity contribution in [3.63, 3.8) is 0 Å². The maximum Gasteiger partial charge on any atom is 0.282 e. The lowest BCUT2D eigenvalue weighted by Gasteiger charge is -2.03. The molecule has 0 bridgehead atoms. The number of nitro groups is 1. The zero-order chi connectivity index (χ0) is 14.7. The Morgan fingerprint density at radius 3 is 2.85 bits per heavy atom. The van der Waals surface area contributed by atoms with E-state index in [4.69, 9.17) is 0 Å². The zero-order valence-corrected chi connectivity index (χ0v) is 11.2. The van der Waals surface area contributed by atoms with Crippen LogP contribution >= 0.6 is 11.3 Å². The second kappa shape index (κ2) is 5.61. The van der Waals surface area contributed by atoms with E-state index in [9.17, 15) is 20.0 Å². The first-order valence-electron chi connectivity index (χ1n) is 5.62. The van der Waals surface area contributed by atoms with Gasteiger partial charge in [-0.3, -0.25) is 20.2 Å². The van der Waals surface area contributed by atoms with Crippen LogP contribution in [0.5, 0.6) is 5.75 Å². The van der Waals surface area contributed by atoms with Crippen LogP contribution < -0.4 is 5.32 Å². The Morgan fingerprint density at radius 1 is 1.50 bits per heavy atom. The average Bonchev–Trinajstić information content (AvgIpc) is 2.85. The van der Waals surface area contributed by atoms with Gasteiger partial charge >= 0.3 is 0 Å². The summed E-state index contributed by atoms with van der Waals surface area (Å²) in [6, 6.07) is 3.26. The Balaban J connectivity index is 2.28. The summed E-state index contributed by atoms with van der Waals surface area (Å²) in [4.78, 5) is 22.2. The van der Waals surface area contributed by atoms with Crippen LogP contribution in [0.2, 0.25) is 0 Å². The molecule has 0 saturated carbocycles. The number of aromatic nitrogens is 2. The molecule has 0 atom stereocenters. The monoisotopic (exact) mass is 294 g/mol. The maximum absolute atomic E-state index is 12.0. The minimum atomic E-state index is -0.716. The predicted octanol–water partition coefficient (Wildman–Crippen LogP) is 1.97. The van der Waals surface area contributed by atoms with E-state index in [2.05, 4.69) is 15.5 Å². The number of nitrogens with zero attached hydrogens (tertiary/aromatic N) is 3. The third kappa shape index (κ3) is 2.88. The average molecular weight is 294 g/mol. The molecule has 1 aromatic carbocycles. The van der Waals surface area contributed by atoms with Crippen LogP contribution in [0.1, 0.15) is 22.3 Å². The largest absolute Gasteiger partial charge is 0.508 e. The molecule has 0 aliphatic heterocycles. The number of amides is 1. The van der Waals surface area contributed by atoms with Gasteiger partial charge in [0.15, 0.2) is 0 Å². The number of phenolic OH excluding ortho intramolecular Hbond substituents is 1. The molecule has 0 saturated heterocycles. The predicted molar refractivity (Wildman–Crippen MR) is 72.0 cm³/mol. The second-order valence-corrected chi connectivity index (χ2v) is 4.83. The minimum absolute atomic E-state index is 0.229. The number of phenols is 1. The Bertz CT molecular complexity index is 670. The van der Waals surface area contributed by atoms with Gasteiger partial charge in [0, 0.05) is 6.07 Å². The van der Waals surface area contributed by atoms with Crippen molar-refractivity contribution in [3.8, 4) is 5.75 Å². The van der Waals surface area contributed by atoms with E-state index in [0.29, 0.717) is 6.42 Å². The SMILES string of the molecule is CCc1nnc(NC(=O)c2cc(O)ccc2[N+](=O)[O-])s1. The summed E-state index contributed by atoms with van der Waals surface area (Å²) >= 11 is 1.19. The fourth-order valence-corrected chi connectivity index (χ4v) is 2.15. The number of nitro benzene ring substituents is 1. The first-order chi connectivity index (χ1) is 9.51. The van der Waals surface area contributed by atoms with Crippen LogP contribution in [0, 0.1) is 10.1 Å². The van der Waals surface area contributed by atoms with E-state index in [1.54, 1.807) is 0 Å². The van der Waals surface area contributed by atoms with Gasteiger partial charge < -0.3 is 5.11 Å². The summed E-state index contributed by atoms with van der Waals surface area (Å²) in [5.41, 5.74) is -0.622. The number of rotatable bonds is 4. The van der Waals surface area contributed by atoms with Crippen molar-refractivity contribution in [2.45, 2.75) is 13.3 Å². The number of aromatic hydroxyl groups is 1. The van der Waals surface area contributed by atoms with Crippen molar-refractivity contribution in [1.82, 2.24) is 10.2 Å². The molecule has 0 radical (unpaired) electrons. The number of carbonyl (C=O) groups excluding carboxylic acids is 1. The smallest absolute Gasteiger partial charge is 0.282 e. The van der Waals surface area contributed by atoms with E-state index >= 15 is 0 Å². The number of hydrogen-bond donors (Lipinski definition) is 2. The Hall–Kier alpha value is -2.55. The number of hydrogen-bond acceptors (Lipinski definition) is 7. The topological polar surface area (TPSA) is 118 Å². The van der Waals surface area contributed by atoms with Crippen molar-refractivity contribution in [3.05, 3.63) is 38.9 Å². The van der Waals surface area contributed by atoms with Crippen LogP contribution in [0.15, 0.2) is 18.2 Å². The highest BCUT2D eigenvalue weighted by molar-refractivity contribution is 7.15. The molecule has 20 heavy (non-hydrogen) atoms. The standard InChI is InChI=1S/C11H10N4O4S/c1-2-9-13-14-11(20-9)12-10(17)7-5-6(16)3-4-8(7)15(18)19/h3-5,16H,2H2,1H3,(H,12,14,17). The summed E-state index contributed by atoms with van der Waals surface area (Å²) in [7, 11) is 0. The molecule has 0 fully saturated rings. The lowest BCUT2D eigenvalue weighted by atomic mass is 10.1. The summed E-state index contributed by atoms with van der Waals surface area (Å²) in [5, 5.41) is 31.2. The molecule has 1 heterocycles. The van der Waals surface area contributed by atoms with Gasteiger partial charge in [0.25, 0.3) is 11.6 Å². The van der Waals surface area contributed by atoms with Gasteiger partial charge in [-0.2, -0.15) is 0 Å². The van der Waals surface area contributed by atoms with Gasteiger partial charge in [-0.25, -0.2) is 0 Å². The Morgan fingerprint density at radius 2 is 2.25 bits per heavy atom. The van der Waals surface area contributed by atoms with E-state index in [0.717, 1.165) is 23.2 Å². The van der Waals surface area contributed by atoms with E-state index in [-0.39, 0.29) is 22.1 Å². The van der Waals surface area contributed by atoms with Crippen LogP contribution in [0.25, 0.3) is 0 Å². The van der Waals surface area contributed by atoms with Crippen molar-refractivity contribution in [2.24, 2.45) is 0 Å². The van der Waals surface area contributed by atoms with Gasteiger partial charge in [-0.15, -0.1) is 10.2 Å². The Kier molecular flexibility index (Phi) is 3.89. The molecule has 2 N–H and O–H groups in total. The van der Waals surface area contributed by atoms with Crippen LogP contribution in [0.3, 0.4) is 0 Å². The maximum atomic E-state index is 12.0. The van der Waals surface area contributed by atoms with E-state index in [1.807, 2.05) is 6.92 Å². The molecule has 104 valence electrons. The molecule has 0 spiro atoms. The highest BCUT2D eigenvalue weighted by Gasteiger charge is 2.21. The van der Waals surface area contributed by atoms with Crippen LogP contribution in [-0.4, -0.2) is 26.1 Å². The lowest BCUT2D eigenvalue weighted by Crippen LogP contribution is -2.13. The third-order valence-electron chi connectivity index (χ3n) is 2.41. The molecule has 1 aromatic heterocycles. The molecular formula is C11H10N4O4S.